The van der Waals surface area contributed by atoms with Crippen molar-refractivity contribution in [1.82, 2.24) is 4.98 Å². The van der Waals surface area contributed by atoms with E-state index >= 15 is 0 Å². The van der Waals surface area contributed by atoms with Gasteiger partial charge in [-0.05, 0) is 19.1 Å². The fraction of sp³-hybridized carbons (Fsp3) is 0.167. The predicted octanol–water partition coefficient (Wildman–Crippen LogP) is 2.79. The first-order valence-electron chi connectivity index (χ1n) is 5.24. The van der Waals surface area contributed by atoms with E-state index in [1.54, 1.807) is 17.6 Å². The third-order valence-electron chi connectivity index (χ3n) is 2.06. The monoisotopic (exact) mass is 248 g/mol. The fourth-order valence-electron chi connectivity index (χ4n) is 1.36. The molecule has 1 aromatic heterocycles. The van der Waals surface area contributed by atoms with Gasteiger partial charge in [0.2, 0.25) is 0 Å². The number of nitrogens with zero attached hydrogens (tertiary/aromatic N) is 1. The lowest BCUT2D eigenvalue weighted by Gasteiger charge is -2.09. The summed E-state index contributed by atoms with van der Waals surface area (Å²) in [5, 5.41) is 4.99. The number of aromatic nitrogens is 1. The van der Waals surface area contributed by atoms with Crippen molar-refractivity contribution in [2.45, 2.75) is 6.92 Å². The number of carbonyl (C=O) groups excluding carboxylic acids is 1. The first-order chi connectivity index (χ1) is 8.31. The molecule has 88 valence electrons. The summed E-state index contributed by atoms with van der Waals surface area (Å²) in [6.45, 7) is 2.46. The average Bonchev–Trinajstić information content (AvgIpc) is 2.85. The van der Waals surface area contributed by atoms with Gasteiger partial charge in [-0.25, -0.2) is 4.98 Å². The molecule has 1 N–H and O–H groups in total. The summed E-state index contributed by atoms with van der Waals surface area (Å²) in [4.78, 5) is 15.8. The van der Waals surface area contributed by atoms with Crippen LogP contribution in [0.25, 0.3) is 0 Å². The highest BCUT2D eigenvalue weighted by Gasteiger charge is 2.11. The Morgan fingerprint density at radius 3 is 3.00 bits per heavy atom. The minimum atomic E-state index is -0.216. The number of benzene rings is 1. The summed E-state index contributed by atoms with van der Waals surface area (Å²) in [5.74, 6) is 0.451. The van der Waals surface area contributed by atoms with E-state index in [0.29, 0.717) is 23.1 Å². The Kier molecular flexibility index (Phi) is 3.72. The fourth-order valence-corrected chi connectivity index (χ4v) is 1.89. The van der Waals surface area contributed by atoms with Gasteiger partial charge in [-0.2, -0.15) is 0 Å². The molecule has 1 heterocycles. The Labute approximate surface area is 103 Å². The summed E-state index contributed by atoms with van der Waals surface area (Å²) in [7, 11) is 0. The third-order valence-corrected chi connectivity index (χ3v) is 2.83. The minimum absolute atomic E-state index is 0.216. The number of thiazole rings is 1. The number of ether oxygens (including phenoxy) is 1. The van der Waals surface area contributed by atoms with E-state index in [0.717, 1.165) is 0 Å². The topological polar surface area (TPSA) is 51.2 Å². The van der Waals surface area contributed by atoms with Crippen LogP contribution in [-0.4, -0.2) is 17.5 Å². The Morgan fingerprint density at radius 1 is 1.47 bits per heavy atom. The van der Waals surface area contributed by atoms with E-state index in [1.165, 1.54) is 11.3 Å². The zero-order chi connectivity index (χ0) is 12.1. The lowest BCUT2D eigenvalue weighted by molar-refractivity contribution is 0.102. The number of amides is 1. The van der Waals surface area contributed by atoms with E-state index in [1.807, 2.05) is 25.1 Å². The van der Waals surface area contributed by atoms with Gasteiger partial charge in [-0.15, -0.1) is 11.3 Å². The molecule has 0 radical (unpaired) electrons. The van der Waals surface area contributed by atoms with Crippen LogP contribution in [0.3, 0.4) is 0 Å². The van der Waals surface area contributed by atoms with Crippen LogP contribution in [0.15, 0.2) is 35.8 Å². The molecule has 0 bridgehead atoms. The molecule has 0 aliphatic carbocycles. The second kappa shape index (κ2) is 5.45. The van der Waals surface area contributed by atoms with Crippen molar-refractivity contribution >= 4 is 22.9 Å². The molecule has 5 heteroatoms. The Hall–Kier alpha value is -1.88. The molecule has 0 aliphatic rings. The maximum atomic E-state index is 11.8. The molecular formula is C12H12N2O2S. The van der Waals surface area contributed by atoms with Gasteiger partial charge < -0.3 is 10.1 Å². The Bertz CT molecular complexity index is 497. The van der Waals surface area contributed by atoms with Gasteiger partial charge in [-0.3, -0.25) is 4.79 Å². The summed E-state index contributed by atoms with van der Waals surface area (Å²) < 4.78 is 5.42. The van der Waals surface area contributed by atoms with E-state index in [-0.39, 0.29) is 5.91 Å². The van der Waals surface area contributed by atoms with Crippen molar-refractivity contribution in [2.75, 3.05) is 11.9 Å². The first-order valence-corrected chi connectivity index (χ1v) is 6.12. The van der Waals surface area contributed by atoms with Crippen molar-refractivity contribution in [3.8, 4) is 5.75 Å². The predicted molar refractivity (Wildman–Crippen MR) is 67.7 cm³/mol. The van der Waals surface area contributed by atoms with Gasteiger partial charge in [0, 0.05) is 11.6 Å². The number of hydrogen-bond donors (Lipinski definition) is 1. The van der Waals surface area contributed by atoms with Gasteiger partial charge in [0.05, 0.1) is 12.3 Å². The summed E-state index contributed by atoms with van der Waals surface area (Å²) in [6, 6.07) is 7.33. The van der Waals surface area contributed by atoms with Gasteiger partial charge in [-0.1, -0.05) is 12.1 Å². The average molecular weight is 248 g/mol. The van der Waals surface area contributed by atoms with Crippen molar-refractivity contribution in [3.63, 3.8) is 0 Å². The Balaban J connectivity index is 2.15. The van der Waals surface area contributed by atoms with Gasteiger partial charge in [0.15, 0.2) is 5.01 Å². The zero-order valence-corrected chi connectivity index (χ0v) is 10.2. The van der Waals surface area contributed by atoms with Crippen LogP contribution in [0.5, 0.6) is 5.75 Å². The summed E-state index contributed by atoms with van der Waals surface area (Å²) >= 11 is 1.31. The molecule has 0 spiro atoms. The third kappa shape index (κ3) is 2.82. The molecule has 0 saturated carbocycles. The summed E-state index contributed by atoms with van der Waals surface area (Å²) in [6.07, 6.45) is 1.61. The molecule has 0 unspecified atom stereocenters. The molecule has 0 aliphatic heterocycles. The zero-order valence-electron chi connectivity index (χ0n) is 9.34. The first kappa shape index (κ1) is 11.6. The molecule has 0 saturated heterocycles. The largest absolute Gasteiger partial charge is 0.492 e. The quantitative estimate of drug-likeness (QED) is 0.905. The lowest BCUT2D eigenvalue weighted by Crippen LogP contribution is -2.12. The molecule has 1 aromatic carbocycles. The summed E-state index contributed by atoms with van der Waals surface area (Å²) in [5.41, 5.74) is 0.662. The van der Waals surface area contributed by atoms with E-state index in [4.69, 9.17) is 4.74 Å². The second-order valence-electron chi connectivity index (χ2n) is 3.22. The van der Waals surface area contributed by atoms with Crippen LogP contribution >= 0.6 is 11.3 Å². The number of hydrogen-bond acceptors (Lipinski definition) is 4. The molecule has 2 rings (SSSR count). The van der Waals surface area contributed by atoms with E-state index < -0.39 is 0 Å². The van der Waals surface area contributed by atoms with Crippen molar-refractivity contribution in [1.29, 1.82) is 0 Å². The normalized spacial score (nSPS) is 9.94. The SMILES string of the molecule is CCOc1ccccc1NC(=O)c1nccs1. The second-order valence-corrected chi connectivity index (χ2v) is 4.12. The number of nitrogens with one attached hydrogen (secondary N) is 1. The van der Waals surface area contributed by atoms with Crippen LogP contribution in [0.1, 0.15) is 16.7 Å². The molecule has 0 fully saturated rings. The van der Waals surface area contributed by atoms with Gasteiger partial charge in [0.25, 0.3) is 5.91 Å². The van der Waals surface area contributed by atoms with E-state index in [9.17, 15) is 4.79 Å². The van der Waals surface area contributed by atoms with Crippen LogP contribution < -0.4 is 10.1 Å². The number of para-hydroxylation sites is 2. The maximum Gasteiger partial charge on any atom is 0.284 e. The molecule has 17 heavy (non-hydrogen) atoms. The minimum Gasteiger partial charge on any atom is -0.492 e. The molecule has 4 nitrogen and oxygen atoms in total. The lowest BCUT2D eigenvalue weighted by atomic mass is 10.3. The van der Waals surface area contributed by atoms with Crippen LogP contribution in [0, 0.1) is 0 Å². The highest BCUT2D eigenvalue weighted by molar-refractivity contribution is 7.11. The number of carbonyl (C=O) groups is 1. The van der Waals surface area contributed by atoms with Gasteiger partial charge in [0.1, 0.15) is 5.75 Å². The standard InChI is InChI=1S/C12H12N2O2S/c1-2-16-10-6-4-3-5-9(10)14-11(15)12-13-7-8-17-12/h3-8H,2H2,1H3,(H,14,15). The molecule has 2 aromatic rings. The van der Waals surface area contributed by atoms with Crippen molar-refractivity contribution < 1.29 is 9.53 Å². The number of anilines is 1. The molecule has 1 amide bonds. The smallest absolute Gasteiger partial charge is 0.284 e. The van der Waals surface area contributed by atoms with Crippen LogP contribution in [-0.2, 0) is 0 Å². The highest BCUT2D eigenvalue weighted by Crippen LogP contribution is 2.24. The maximum absolute atomic E-state index is 11.8. The highest BCUT2D eigenvalue weighted by atomic mass is 32.1. The number of rotatable bonds is 4. The molecule has 0 atom stereocenters. The molecular weight excluding hydrogens is 236 g/mol. The Morgan fingerprint density at radius 2 is 2.29 bits per heavy atom. The van der Waals surface area contributed by atoms with Crippen molar-refractivity contribution in [3.05, 3.63) is 40.8 Å². The van der Waals surface area contributed by atoms with E-state index in [2.05, 4.69) is 10.3 Å². The van der Waals surface area contributed by atoms with Crippen molar-refractivity contribution in [2.24, 2.45) is 0 Å². The van der Waals surface area contributed by atoms with Crippen LogP contribution in [0.2, 0.25) is 0 Å². The van der Waals surface area contributed by atoms with Crippen LogP contribution in [0.4, 0.5) is 5.69 Å². The van der Waals surface area contributed by atoms with Gasteiger partial charge >= 0.3 is 0 Å².